The summed E-state index contributed by atoms with van der Waals surface area (Å²) in [6.45, 7) is 0. The van der Waals surface area contributed by atoms with Crippen molar-refractivity contribution in [2.45, 2.75) is 0 Å². The molecule has 0 saturated heterocycles. The molecule has 0 radical (unpaired) electrons. The number of hydrogen-bond donors (Lipinski definition) is 1. The summed E-state index contributed by atoms with van der Waals surface area (Å²) in [7, 11) is 0. The number of nitrogens with zero attached hydrogens (tertiary/aromatic N) is 1. The Kier molecular flexibility index (Phi) is 4.24. The van der Waals surface area contributed by atoms with Crippen LogP contribution in [-0.2, 0) is 4.79 Å². The number of carbonyl (C=O) groups is 1. The van der Waals surface area contributed by atoms with Crippen LogP contribution in [0.2, 0.25) is 0 Å². The molecular formula is C16H13NO2. The van der Waals surface area contributed by atoms with Gasteiger partial charge in [0.05, 0.1) is 0 Å². The quantitative estimate of drug-likeness (QED) is 0.848. The van der Waals surface area contributed by atoms with Crippen LogP contribution in [0.25, 0.3) is 18.2 Å². The van der Waals surface area contributed by atoms with Gasteiger partial charge in [-0.05, 0) is 28.8 Å². The maximum Gasteiger partial charge on any atom is 0.328 e. The molecule has 19 heavy (non-hydrogen) atoms. The van der Waals surface area contributed by atoms with Crippen LogP contribution in [0.15, 0.2) is 54.9 Å². The molecule has 3 heteroatoms. The number of rotatable bonds is 4. The SMILES string of the molecule is O=C(O)/C=C/c1ccc(/C=C/c2cccnc2)cc1. The van der Waals surface area contributed by atoms with Crippen molar-refractivity contribution in [3.8, 4) is 0 Å². The molecule has 1 aromatic heterocycles. The summed E-state index contributed by atoms with van der Waals surface area (Å²) in [5.41, 5.74) is 2.95. The predicted molar refractivity (Wildman–Crippen MR) is 76.3 cm³/mol. The summed E-state index contributed by atoms with van der Waals surface area (Å²) in [5.74, 6) is -0.944. The minimum atomic E-state index is -0.944. The van der Waals surface area contributed by atoms with Crippen molar-refractivity contribution in [3.63, 3.8) is 0 Å². The smallest absolute Gasteiger partial charge is 0.328 e. The normalized spacial score (nSPS) is 11.2. The second kappa shape index (κ2) is 6.31. The van der Waals surface area contributed by atoms with E-state index in [-0.39, 0.29) is 0 Å². The van der Waals surface area contributed by atoms with E-state index >= 15 is 0 Å². The highest BCUT2D eigenvalue weighted by atomic mass is 16.4. The first kappa shape index (κ1) is 12.8. The number of pyridine rings is 1. The van der Waals surface area contributed by atoms with Gasteiger partial charge in [-0.25, -0.2) is 4.79 Å². The van der Waals surface area contributed by atoms with Gasteiger partial charge in [0.25, 0.3) is 0 Å². The van der Waals surface area contributed by atoms with E-state index in [9.17, 15) is 4.79 Å². The van der Waals surface area contributed by atoms with E-state index in [2.05, 4.69) is 4.98 Å². The molecule has 0 atom stereocenters. The zero-order valence-electron chi connectivity index (χ0n) is 10.2. The van der Waals surface area contributed by atoms with Gasteiger partial charge in [-0.15, -0.1) is 0 Å². The second-order valence-corrected chi connectivity index (χ2v) is 3.96. The summed E-state index contributed by atoms with van der Waals surface area (Å²) in [4.78, 5) is 14.4. The third kappa shape index (κ3) is 4.24. The third-order valence-electron chi connectivity index (χ3n) is 2.51. The summed E-state index contributed by atoms with van der Waals surface area (Å²) in [5, 5.41) is 8.54. The Morgan fingerprint density at radius 1 is 0.947 bits per heavy atom. The monoisotopic (exact) mass is 251 g/mol. The molecule has 0 fully saturated rings. The molecule has 0 amide bonds. The number of aromatic nitrogens is 1. The van der Waals surface area contributed by atoms with Gasteiger partial charge in [-0.1, -0.05) is 42.5 Å². The van der Waals surface area contributed by atoms with Crippen molar-refractivity contribution in [2.75, 3.05) is 0 Å². The standard InChI is InChI=1S/C16H13NO2/c18-16(19)10-9-14-5-3-13(4-6-14)7-8-15-2-1-11-17-12-15/h1-12H,(H,18,19)/b8-7+,10-9+. The van der Waals surface area contributed by atoms with Gasteiger partial charge < -0.3 is 5.11 Å². The Balaban J connectivity index is 2.07. The molecule has 1 heterocycles. The molecule has 1 aromatic carbocycles. The molecule has 0 aliphatic carbocycles. The topological polar surface area (TPSA) is 50.2 Å². The van der Waals surface area contributed by atoms with Gasteiger partial charge in [0.15, 0.2) is 0 Å². The highest BCUT2D eigenvalue weighted by Gasteiger charge is 1.91. The third-order valence-corrected chi connectivity index (χ3v) is 2.51. The van der Waals surface area contributed by atoms with Crippen molar-refractivity contribution in [1.29, 1.82) is 0 Å². The fourth-order valence-corrected chi connectivity index (χ4v) is 1.55. The average Bonchev–Trinajstić information content (AvgIpc) is 2.45. The lowest BCUT2D eigenvalue weighted by Crippen LogP contribution is -1.85. The van der Waals surface area contributed by atoms with Crippen molar-refractivity contribution >= 4 is 24.2 Å². The minimum Gasteiger partial charge on any atom is -0.478 e. The van der Waals surface area contributed by atoms with Crippen LogP contribution in [-0.4, -0.2) is 16.1 Å². The summed E-state index contributed by atoms with van der Waals surface area (Å²) in [6, 6.07) is 11.5. The fourth-order valence-electron chi connectivity index (χ4n) is 1.55. The van der Waals surface area contributed by atoms with Crippen LogP contribution in [0.4, 0.5) is 0 Å². The maximum absolute atomic E-state index is 10.4. The zero-order valence-corrected chi connectivity index (χ0v) is 10.2. The maximum atomic E-state index is 10.4. The average molecular weight is 251 g/mol. The van der Waals surface area contributed by atoms with Crippen LogP contribution >= 0.6 is 0 Å². The van der Waals surface area contributed by atoms with E-state index in [1.807, 2.05) is 48.6 Å². The van der Waals surface area contributed by atoms with Crippen LogP contribution in [0, 0.1) is 0 Å². The van der Waals surface area contributed by atoms with E-state index in [1.165, 1.54) is 0 Å². The largest absolute Gasteiger partial charge is 0.478 e. The van der Waals surface area contributed by atoms with Crippen LogP contribution in [0.1, 0.15) is 16.7 Å². The number of hydrogen-bond acceptors (Lipinski definition) is 2. The lowest BCUT2D eigenvalue weighted by atomic mass is 10.1. The van der Waals surface area contributed by atoms with E-state index in [0.29, 0.717) is 0 Å². The Morgan fingerprint density at radius 2 is 1.58 bits per heavy atom. The van der Waals surface area contributed by atoms with Gasteiger partial charge in [-0.3, -0.25) is 4.98 Å². The van der Waals surface area contributed by atoms with E-state index in [1.54, 1.807) is 18.5 Å². The molecule has 1 N–H and O–H groups in total. The van der Waals surface area contributed by atoms with Gasteiger partial charge >= 0.3 is 5.97 Å². The highest BCUT2D eigenvalue weighted by Crippen LogP contribution is 2.10. The Morgan fingerprint density at radius 3 is 2.16 bits per heavy atom. The summed E-state index contributed by atoms with van der Waals surface area (Å²) >= 11 is 0. The van der Waals surface area contributed by atoms with Crippen molar-refractivity contribution in [1.82, 2.24) is 4.98 Å². The first-order valence-electron chi connectivity index (χ1n) is 5.83. The molecule has 0 spiro atoms. The van der Waals surface area contributed by atoms with Crippen LogP contribution in [0.3, 0.4) is 0 Å². The number of carboxylic acids is 1. The molecule has 2 rings (SSSR count). The van der Waals surface area contributed by atoms with E-state index in [0.717, 1.165) is 22.8 Å². The van der Waals surface area contributed by atoms with Gasteiger partial charge in [0, 0.05) is 18.5 Å². The van der Waals surface area contributed by atoms with E-state index in [4.69, 9.17) is 5.11 Å². The molecule has 94 valence electrons. The summed E-state index contributed by atoms with van der Waals surface area (Å²) < 4.78 is 0. The first-order valence-corrected chi connectivity index (χ1v) is 5.83. The molecule has 0 aliphatic rings. The molecular weight excluding hydrogens is 238 g/mol. The van der Waals surface area contributed by atoms with Crippen LogP contribution < -0.4 is 0 Å². The van der Waals surface area contributed by atoms with Gasteiger partial charge in [0.1, 0.15) is 0 Å². The predicted octanol–water partition coefficient (Wildman–Crippen LogP) is 3.35. The second-order valence-electron chi connectivity index (χ2n) is 3.96. The number of carboxylic acid groups (broad SMARTS) is 1. The first-order chi connectivity index (χ1) is 9.24. The lowest BCUT2D eigenvalue weighted by Gasteiger charge is -1.96. The molecule has 0 aliphatic heterocycles. The van der Waals surface area contributed by atoms with Crippen LogP contribution in [0.5, 0.6) is 0 Å². The van der Waals surface area contributed by atoms with Crippen molar-refractivity contribution in [2.24, 2.45) is 0 Å². The Labute approximate surface area is 111 Å². The molecule has 3 nitrogen and oxygen atoms in total. The Hall–Kier alpha value is -2.68. The molecule has 2 aromatic rings. The Bertz CT molecular complexity index is 598. The van der Waals surface area contributed by atoms with Crippen molar-refractivity contribution in [3.05, 3.63) is 71.6 Å². The number of benzene rings is 1. The number of aliphatic carboxylic acids is 1. The molecule has 0 unspecified atom stereocenters. The molecule has 0 bridgehead atoms. The zero-order chi connectivity index (χ0) is 13.5. The van der Waals surface area contributed by atoms with E-state index < -0.39 is 5.97 Å². The van der Waals surface area contributed by atoms with Gasteiger partial charge in [-0.2, -0.15) is 0 Å². The highest BCUT2D eigenvalue weighted by molar-refractivity contribution is 5.85. The van der Waals surface area contributed by atoms with Crippen molar-refractivity contribution < 1.29 is 9.90 Å². The summed E-state index contributed by atoms with van der Waals surface area (Å²) in [6.07, 6.45) is 10.2. The van der Waals surface area contributed by atoms with Gasteiger partial charge in [0.2, 0.25) is 0 Å². The fraction of sp³-hybridized carbons (Fsp3) is 0. The minimum absolute atomic E-state index is 0.862. The lowest BCUT2D eigenvalue weighted by molar-refractivity contribution is -0.131. The molecule has 0 saturated carbocycles.